The Hall–Kier alpha value is -1.39. The van der Waals surface area contributed by atoms with Crippen LogP contribution in [-0.4, -0.2) is 25.7 Å². The Labute approximate surface area is 114 Å². The molecule has 1 aromatic carbocycles. The van der Waals surface area contributed by atoms with Gasteiger partial charge in [0.1, 0.15) is 0 Å². The van der Waals surface area contributed by atoms with Crippen LogP contribution in [0.25, 0.3) is 0 Å². The predicted molar refractivity (Wildman–Crippen MR) is 76.1 cm³/mol. The first kappa shape index (κ1) is 14.0. The number of ether oxygens (including phenoxy) is 1. The van der Waals surface area contributed by atoms with Gasteiger partial charge in [-0.2, -0.15) is 0 Å². The monoisotopic (exact) mass is 262 g/mol. The van der Waals surface area contributed by atoms with Gasteiger partial charge >= 0.3 is 0 Å². The van der Waals surface area contributed by atoms with Gasteiger partial charge < -0.3 is 15.8 Å². The molecule has 1 heterocycles. The number of benzene rings is 1. The van der Waals surface area contributed by atoms with Crippen LogP contribution in [0.5, 0.6) is 0 Å². The number of aryl methyl sites for hydroxylation is 1. The fourth-order valence-corrected chi connectivity index (χ4v) is 2.43. The normalized spacial score (nSPS) is 18.1. The lowest BCUT2D eigenvalue weighted by Gasteiger charge is -2.34. The minimum atomic E-state index is -0.478. The molecule has 0 aromatic heterocycles. The number of amides is 1. The van der Waals surface area contributed by atoms with Crippen molar-refractivity contribution < 1.29 is 9.53 Å². The Kier molecular flexibility index (Phi) is 4.22. The van der Waals surface area contributed by atoms with Crippen molar-refractivity contribution in [2.75, 3.05) is 25.1 Å². The van der Waals surface area contributed by atoms with Gasteiger partial charge in [0, 0.05) is 25.4 Å². The molecule has 1 saturated heterocycles. The fraction of sp³-hybridized carbons (Fsp3) is 0.533. The highest BCUT2D eigenvalue weighted by Gasteiger charge is 2.38. The molecular formula is C15H22N2O2. The third-order valence-corrected chi connectivity index (χ3v) is 4.18. The standard InChI is InChI=1S/C15H22N2O2/c1-11-4-3-5-13(12(11)2)17-14(18)15(10-16)6-8-19-9-7-15/h3-5H,6-10,16H2,1-2H3,(H,17,18). The summed E-state index contributed by atoms with van der Waals surface area (Å²) in [5.74, 6) is 0.0204. The summed E-state index contributed by atoms with van der Waals surface area (Å²) in [7, 11) is 0. The van der Waals surface area contributed by atoms with E-state index >= 15 is 0 Å². The van der Waals surface area contributed by atoms with Crippen molar-refractivity contribution in [2.24, 2.45) is 11.1 Å². The lowest BCUT2D eigenvalue weighted by Crippen LogP contribution is -2.46. The third kappa shape index (κ3) is 2.80. The Bertz CT molecular complexity index is 465. The molecular weight excluding hydrogens is 240 g/mol. The van der Waals surface area contributed by atoms with E-state index in [-0.39, 0.29) is 5.91 Å². The minimum Gasteiger partial charge on any atom is -0.381 e. The van der Waals surface area contributed by atoms with Crippen molar-refractivity contribution in [1.29, 1.82) is 0 Å². The zero-order valence-electron chi connectivity index (χ0n) is 11.7. The first-order chi connectivity index (χ1) is 9.09. The van der Waals surface area contributed by atoms with Gasteiger partial charge in [0.15, 0.2) is 0 Å². The van der Waals surface area contributed by atoms with E-state index in [1.54, 1.807) is 0 Å². The number of hydrogen-bond acceptors (Lipinski definition) is 3. The van der Waals surface area contributed by atoms with Crippen LogP contribution < -0.4 is 11.1 Å². The third-order valence-electron chi connectivity index (χ3n) is 4.18. The van der Waals surface area contributed by atoms with Gasteiger partial charge in [-0.05, 0) is 43.9 Å². The summed E-state index contributed by atoms with van der Waals surface area (Å²) in [5.41, 5.74) is 8.52. The summed E-state index contributed by atoms with van der Waals surface area (Å²) in [4.78, 5) is 12.5. The second-order valence-electron chi connectivity index (χ2n) is 5.30. The molecule has 0 radical (unpaired) electrons. The SMILES string of the molecule is Cc1cccc(NC(=O)C2(CN)CCOCC2)c1C. The lowest BCUT2D eigenvalue weighted by molar-refractivity contribution is -0.130. The molecule has 1 aliphatic heterocycles. The Balaban J connectivity index is 2.17. The molecule has 0 aliphatic carbocycles. The molecule has 4 heteroatoms. The smallest absolute Gasteiger partial charge is 0.232 e. The van der Waals surface area contributed by atoms with Crippen LogP contribution in [0.15, 0.2) is 18.2 Å². The molecule has 0 saturated carbocycles. The Morgan fingerprint density at radius 2 is 2.05 bits per heavy atom. The molecule has 4 nitrogen and oxygen atoms in total. The number of rotatable bonds is 3. The number of carbonyl (C=O) groups excluding carboxylic acids is 1. The van der Waals surface area contributed by atoms with Crippen molar-refractivity contribution >= 4 is 11.6 Å². The topological polar surface area (TPSA) is 64.4 Å². The van der Waals surface area contributed by atoms with E-state index in [2.05, 4.69) is 5.32 Å². The number of hydrogen-bond donors (Lipinski definition) is 2. The molecule has 1 fully saturated rings. The molecule has 104 valence electrons. The van der Waals surface area contributed by atoms with Crippen LogP contribution in [0.3, 0.4) is 0 Å². The number of nitrogens with two attached hydrogens (primary N) is 1. The Morgan fingerprint density at radius 1 is 1.37 bits per heavy atom. The zero-order chi connectivity index (χ0) is 13.9. The van der Waals surface area contributed by atoms with Crippen molar-refractivity contribution in [2.45, 2.75) is 26.7 Å². The second-order valence-corrected chi connectivity index (χ2v) is 5.30. The van der Waals surface area contributed by atoms with E-state index in [1.165, 1.54) is 5.56 Å². The Morgan fingerprint density at radius 3 is 2.68 bits per heavy atom. The van der Waals surface area contributed by atoms with Crippen LogP contribution in [0.2, 0.25) is 0 Å². The van der Waals surface area contributed by atoms with Crippen molar-refractivity contribution in [3.05, 3.63) is 29.3 Å². The summed E-state index contributed by atoms with van der Waals surface area (Å²) >= 11 is 0. The van der Waals surface area contributed by atoms with Crippen LogP contribution in [0.4, 0.5) is 5.69 Å². The van der Waals surface area contributed by atoms with E-state index in [0.29, 0.717) is 32.6 Å². The summed E-state index contributed by atoms with van der Waals surface area (Å²) in [6.07, 6.45) is 1.39. The van der Waals surface area contributed by atoms with E-state index in [0.717, 1.165) is 11.3 Å². The summed E-state index contributed by atoms with van der Waals surface area (Å²) < 4.78 is 5.33. The maximum Gasteiger partial charge on any atom is 0.232 e. The molecule has 0 unspecified atom stereocenters. The van der Waals surface area contributed by atoms with Gasteiger partial charge in [-0.3, -0.25) is 4.79 Å². The van der Waals surface area contributed by atoms with Gasteiger partial charge in [0.05, 0.1) is 5.41 Å². The van der Waals surface area contributed by atoms with Crippen molar-refractivity contribution in [3.8, 4) is 0 Å². The highest BCUT2D eigenvalue weighted by Crippen LogP contribution is 2.31. The van der Waals surface area contributed by atoms with Crippen molar-refractivity contribution in [1.82, 2.24) is 0 Å². The predicted octanol–water partition coefficient (Wildman–Crippen LogP) is 2.00. The minimum absolute atomic E-state index is 0.0204. The highest BCUT2D eigenvalue weighted by molar-refractivity contribution is 5.96. The van der Waals surface area contributed by atoms with Gasteiger partial charge in [0.25, 0.3) is 0 Å². The maximum absolute atomic E-state index is 12.5. The van der Waals surface area contributed by atoms with Gasteiger partial charge in [-0.25, -0.2) is 0 Å². The van der Waals surface area contributed by atoms with E-state index in [1.807, 2.05) is 32.0 Å². The quantitative estimate of drug-likeness (QED) is 0.875. The summed E-state index contributed by atoms with van der Waals surface area (Å²) in [5, 5.41) is 3.04. The number of anilines is 1. The van der Waals surface area contributed by atoms with Gasteiger partial charge in [-0.1, -0.05) is 12.1 Å². The first-order valence-electron chi connectivity index (χ1n) is 6.74. The molecule has 0 spiro atoms. The van der Waals surface area contributed by atoms with E-state index in [4.69, 9.17) is 10.5 Å². The first-order valence-corrected chi connectivity index (χ1v) is 6.74. The highest BCUT2D eigenvalue weighted by atomic mass is 16.5. The molecule has 1 amide bonds. The number of nitrogens with one attached hydrogen (secondary N) is 1. The average Bonchev–Trinajstić information content (AvgIpc) is 2.44. The molecule has 1 aliphatic rings. The largest absolute Gasteiger partial charge is 0.381 e. The molecule has 3 N–H and O–H groups in total. The van der Waals surface area contributed by atoms with Crippen LogP contribution in [0.1, 0.15) is 24.0 Å². The summed E-state index contributed by atoms with van der Waals surface area (Å²) in [6.45, 7) is 5.64. The van der Waals surface area contributed by atoms with Crippen LogP contribution >= 0.6 is 0 Å². The maximum atomic E-state index is 12.5. The van der Waals surface area contributed by atoms with Gasteiger partial charge in [-0.15, -0.1) is 0 Å². The van der Waals surface area contributed by atoms with Gasteiger partial charge in [0.2, 0.25) is 5.91 Å². The van der Waals surface area contributed by atoms with Crippen molar-refractivity contribution in [3.63, 3.8) is 0 Å². The van der Waals surface area contributed by atoms with Crippen LogP contribution in [0, 0.1) is 19.3 Å². The zero-order valence-corrected chi connectivity index (χ0v) is 11.7. The number of carbonyl (C=O) groups is 1. The summed E-state index contributed by atoms with van der Waals surface area (Å²) in [6, 6.07) is 5.93. The second kappa shape index (κ2) is 5.72. The van der Waals surface area contributed by atoms with E-state index in [9.17, 15) is 4.79 Å². The average molecular weight is 262 g/mol. The lowest BCUT2D eigenvalue weighted by atomic mass is 9.79. The fourth-order valence-electron chi connectivity index (χ4n) is 2.43. The molecule has 0 bridgehead atoms. The molecule has 19 heavy (non-hydrogen) atoms. The van der Waals surface area contributed by atoms with E-state index < -0.39 is 5.41 Å². The van der Waals surface area contributed by atoms with Crippen LogP contribution in [-0.2, 0) is 9.53 Å². The molecule has 2 rings (SSSR count). The molecule has 0 atom stereocenters. The molecule has 1 aromatic rings.